The quantitative estimate of drug-likeness (QED) is 0.232. The summed E-state index contributed by atoms with van der Waals surface area (Å²) in [5.41, 5.74) is -2.60. The van der Waals surface area contributed by atoms with Crippen molar-refractivity contribution in [2.75, 3.05) is 0 Å². The van der Waals surface area contributed by atoms with Gasteiger partial charge in [-0.05, 0) is 29.3 Å². The van der Waals surface area contributed by atoms with Crippen LogP contribution in [0.5, 0.6) is 0 Å². The molecule has 11 heteroatoms. The summed E-state index contributed by atoms with van der Waals surface area (Å²) in [6, 6.07) is 11.1. The summed E-state index contributed by atoms with van der Waals surface area (Å²) in [7, 11) is -5.62. The molecule has 2 N–H and O–H groups in total. The number of benzene rings is 2. The Morgan fingerprint density at radius 1 is 1.07 bits per heavy atom. The van der Waals surface area contributed by atoms with E-state index in [1.165, 1.54) is 23.9 Å². The summed E-state index contributed by atoms with van der Waals surface area (Å²) < 4.78 is 38.7. The minimum Gasteiger partial charge on any atom is -0.320 e. The second-order valence-electron chi connectivity index (χ2n) is 5.95. The SMILES string of the molecule is O=P(O)(O)C(F)(F)c1ccc(CSc2ncc(-c3ccc(Cl)cc3)cn2)cc1Br. The van der Waals surface area contributed by atoms with Gasteiger partial charge >= 0.3 is 13.3 Å². The minimum atomic E-state index is -5.62. The second kappa shape index (κ2) is 8.79. The highest BCUT2D eigenvalue weighted by Gasteiger charge is 2.51. The molecule has 0 saturated carbocycles. The van der Waals surface area contributed by atoms with Crippen LogP contribution in [-0.2, 0) is 16.0 Å². The summed E-state index contributed by atoms with van der Waals surface area (Å²) in [6.45, 7) is 0. The van der Waals surface area contributed by atoms with Crippen molar-refractivity contribution in [2.24, 2.45) is 0 Å². The van der Waals surface area contributed by atoms with Crippen molar-refractivity contribution < 1.29 is 23.1 Å². The number of aromatic nitrogens is 2. The molecule has 0 amide bonds. The van der Waals surface area contributed by atoms with Gasteiger partial charge in [-0.2, -0.15) is 8.78 Å². The van der Waals surface area contributed by atoms with Gasteiger partial charge in [-0.25, -0.2) is 9.97 Å². The van der Waals surface area contributed by atoms with Gasteiger partial charge in [-0.15, -0.1) is 0 Å². The molecule has 3 rings (SSSR count). The van der Waals surface area contributed by atoms with Crippen LogP contribution in [0, 0.1) is 0 Å². The molecule has 0 fully saturated rings. The molecule has 0 bridgehead atoms. The van der Waals surface area contributed by atoms with Crippen molar-refractivity contribution in [3.63, 3.8) is 0 Å². The minimum absolute atomic E-state index is 0.0806. The Labute approximate surface area is 182 Å². The van der Waals surface area contributed by atoms with E-state index in [0.29, 0.717) is 21.5 Å². The summed E-state index contributed by atoms with van der Waals surface area (Å²) in [5, 5.41) is 1.14. The largest absolute Gasteiger partial charge is 0.399 e. The van der Waals surface area contributed by atoms with Crippen molar-refractivity contribution in [3.05, 3.63) is 75.5 Å². The topological polar surface area (TPSA) is 83.3 Å². The summed E-state index contributed by atoms with van der Waals surface area (Å²) in [4.78, 5) is 26.3. The number of hydrogen-bond acceptors (Lipinski definition) is 4. The zero-order valence-corrected chi connectivity index (χ0v) is 18.5. The van der Waals surface area contributed by atoms with Crippen molar-refractivity contribution >= 4 is 46.9 Å². The average Bonchev–Trinajstić information content (AvgIpc) is 2.66. The van der Waals surface area contributed by atoms with Crippen LogP contribution in [0.2, 0.25) is 5.02 Å². The molecule has 29 heavy (non-hydrogen) atoms. The van der Waals surface area contributed by atoms with Gasteiger partial charge in [0.05, 0.1) is 0 Å². The van der Waals surface area contributed by atoms with Crippen LogP contribution < -0.4 is 0 Å². The Hall–Kier alpha value is -1.35. The predicted octanol–water partition coefficient (Wildman–Crippen LogP) is 6.08. The van der Waals surface area contributed by atoms with E-state index >= 15 is 0 Å². The van der Waals surface area contributed by atoms with E-state index < -0.39 is 18.8 Å². The van der Waals surface area contributed by atoms with Gasteiger partial charge in [0.1, 0.15) is 0 Å². The third-order valence-electron chi connectivity index (χ3n) is 3.90. The second-order valence-corrected chi connectivity index (χ2v) is 9.83. The molecular weight excluding hydrogens is 509 g/mol. The summed E-state index contributed by atoms with van der Waals surface area (Å²) >= 11 is 10.1. The van der Waals surface area contributed by atoms with E-state index in [1.54, 1.807) is 24.5 Å². The first-order chi connectivity index (χ1) is 13.6. The van der Waals surface area contributed by atoms with Crippen molar-refractivity contribution in [1.29, 1.82) is 0 Å². The molecule has 0 spiro atoms. The Balaban J connectivity index is 1.69. The standard InChI is InChI=1S/C18H13BrClF2N2O3PS/c19-16-7-11(1-6-15(16)18(21,22)28(25,26)27)10-29-17-23-8-13(9-24-17)12-2-4-14(20)5-3-12/h1-9H,10H2,(H2,25,26,27). The van der Waals surface area contributed by atoms with Crippen LogP contribution in [0.3, 0.4) is 0 Å². The molecule has 0 aliphatic rings. The molecule has 0 atom stereocenters. The van der Waals surface area contributed by atoms with Crippen LogP contribution in [0.25, 0.3) is 11.1 Å². The molecule has 152 valence electrons. The van der Waals surface area contributed by atoms with E-state index in [9.17, 15) is 13.3 Å². The number of nitrogens with zero attached hydrogens (tertiary/aromatic N) is 2. The highest BCUT2D eigenvalue weighted by Crippen LogP contribution is 2.60. The molecule has 1 aromatic heterocycles. The van der Waals surface area contributed by atoms with E-state index in [1.807, 2.05) is 12.1 Å². The number of rotatable bonds is 6. The highest BCUT2D eigenvalue weighted by atomic mass is 79.9. The molecule has 0 saturated heterocycles. The molecule has 0 unspecified atom stereocenters. The van der Waals surface area contributed by atoms with Gasteiger partial charge in [0.25, 0.3) is 0 Å². The Morgan fingerprint density at radius 2 is 1.69 bits per heavy atom. The number of hydrogen-bond donors (Lipinski definition) is 2. The monoisotopic (exact) mass is 520 g/mol. The fourth-order valence-electron chi connectivity index (χ4n) is 2.38. The molecule has 3 aromatic rings. The van der Waals surface area contributed by atoms with Crippen molar-refractivity contribution in [1.82, 2.24) is 9.97 Å². The van der Waals surface area contributed by atoms with E-state index in [-0.39, 0.29) is 4.47 Å². The maximum Gasteiger partial charge on any atom is 0.399 e. The number of alkyl halides is 2. The average molecular weight is 522 g/mol. The predicted molar refractivity (Wildman–Crippen MR) is 112 cm³/mol. The zero-order chi connectivity index (χ0) is 21.2. The first kappa shape index (κ1) is 22.3. The summed E-state index contributed by atoms with van der Waals surface area (Å²) in [5.74, 6) is 0.390. The molecule has 0 aliphatic heterocycles. The zero-order valence-electron chi connectivity index (χ0n) is 14.5. The third kappa shape index (κ3) is 5.23. The van der Waals surface area contributed by atoms with Crippen LogP contribution in [-0.4, -0.2) is 19.8 Å². The fraction of sp³-hybridized carbons (Fsp3) is 0.111. The smallest absolute Gasteiger partial charge is 0.320 e. The van der Waals surface area contributed by atoms with Gasteiger partial charge in [0, 0.05) is 38.8 Å². The van der Waals surface area contributed by atoms with Crippen LogP contribution >= 0.6 is 46.9 Å². The Morgan fingerprint density at radius 3 is 2.24 bits per heavy atom. The first-order valence-electron chi connectivity index (χ1n) is 8.01. The number of halogens is 4. The Kier molecular flexibility index (Phi) is 6.77. The van der Waals surface area contributed by atoms with Gasteiger partial charge < -0.3 is 9.79 Å². The molecule has 0 radical (unpaired) electrons. The van der Waals surface area contributed by atoms with E-state index in [0.717, 1.165) is 17.2 Å². The molecule has 2 aromatic carbocycles. The maximum absolute atomic E-state index is 13.9. The molecule has 5 nitrogen and oxygen atoms in total. The van der Waals surface area contributed by atoms with Crippen LogP contribution in [0.4, 0.5) is 8.78 Å². The lowest BCUT2D eigenvalue weighted by atomic mass is 10.1. The summed E-state index contributed by atoms with van der Waals surface area (Å²) in [6.07, 6.45) is 3.36. The first-order valence-corrected chi connectivity index (χ1v) is 11.8. The van der Waals surface area contributed by atoms with Crippen molar-refractivity contribution in [2.45, 2.75) is 16.6 Å². The Bertz CT molecular complexity index is 1070. The maximum atomic E-state index is 13.9. The highest BCUT2D eigenvalue weighted by molar-refractivity contribution is 9.10. The van der Waals surface area contributed by atoms with Crippen molar-refractivity contribution in [3.8, 4) is 11.1 Å². The number of thioether (sulfide) groups is 1. The fourth-order valence-corrected chi connectivity index (χ4v) is 4.57. The molecule has 1 heterocycles. The van der Waals surface area contributed by atoms with E-state index in [2.05, 4.69) is 25.9 Å². The van der Waals surface area contributed by atoms with Crippen LogP contribution in [0.1, 0.15) is 11.1 Å². The van der Waals surface area contributed by atoms with Gasteiger partial charge in [-0.3, -0.25) is 4.57 Å². The molecular formula is C18H13BrClF2N2O3PS. The lowest BCUT2D eigenvalue weighted by Gasteiger charge is -2.19. The van der Waals surface area contributed by atoms with Gasteiger partial charge in [0.2, 0.25) is 0 Å². The lowest BCUT2D eigenvalue weighted by molar-refractivity contribution is 0.0557. The third-order valence-corrected chi connectivity index (χ3v) is 6.72. The lowest BCUT2D eigenvalue weighted by Crippen LogP contribution is -2.14. The van der Waals surface area contributed by atoms with Gasteiger partial charge in [0.15, 0.2) is 5.16 Å². The molecule has 0 aliphatic carbocycles. The van der Waals surface area contributed by atoms with Crippen LogP contribution in [0.15, 0.2) is 64.5 Å². The van der Waals surface area contributed by atoms with Gasteiger partial charge in [-0.1, -0.05) is 63.6 Å². The van der Waals surface area contributed by atoms with E-state index in [4.69, 9.17) is 21.4 Å². The normalized spacial score (nSPS) is 12.2.